The van der Waals surface area contributed by atoms with Crippen molar-refractivity contribution < 1.29 is 138 Å². The summed E-state index contributed by atoms with van der Waals surface area (Å²) in [6.07, 6.45) is 8.12. The minimum Gasteiger partial charge on any atom is -0.870 e. The Hall–Kier alpha value is -10.4. The predicted octanol–water partition coefficient (Wildman–Crippen LogP) is 11.9. The molecule has 706 valence electrons. The van der Waals surface area contributed by atoms with Crippen molar-refractivity contribution in [2.45, 2.75) is 174 Å². The molecular formula is C93H125F3LiN11O22. The van der Waals surface area contributed by atoms with Gasteiger partial charge in [-0.05, 0) is 226 Å². The third-order valence-electron chi connectivity index (χ3n) is 20.1. The number of aryl methyl sites for hydroxylation is 3. The number of unbranched alkanes of at least 4 members (excludes halogenated alkanes) is 1. The van der Waals surface area contributed by atoms with Crippen LogP contribution in [0.3, 0.4) is 0 Å². The number of azide groups is 2. The molecule has 0 radical (unpaired) electrons. The zero-order valence-electron chi connectivity index (χ0n) is 75.8. The molecule has 2 aliphatic carbocycles. The Balaban J connectivity index is 0.000000508. The Morgan fingerprint density at radius 3 is 1.31 bits per heavy atom. The van der Waals surface area contributed by atoms with Gasteiger partial charge in [0.05, 0.1) is 139 Å². The first kappa shape index (κ1) is 112. The van der Waals surface area contributed by atoms with Crippen LogP contribution in [0, 0.1) is 13.8 Å². The fraction of sp³-hybridized carbons (Fsp3) is 0.548. The number of nitrogens with zero attached hydrogens (tertiary/aromatic N) is 9. The van der Waals surface area contributed by atoms with Gasteiger partial charge in [-0.1, -0.05) is 70.9 Å². The Morgan fingerprint density at radius 1 is 0.523 bits per heavy atom. The van der Waals surface area contributed by atoms with Crippen LogP contribution in [0.4, 0.5) is 23.8 Å². The summed E-state index contributed by atoms with van der Waals surface area (Å²) in [7, 11) is 1.32. The molecule has 3 amide bonds. The van der Waals surface area contributed by atoms with Crippen molar-refractivity contribution in [3.63, 3.8) is 0 Å². The smallest absolute Gasteiger partial charge is 0.870 e. The van der Waals surface area contributed by atoms with E-state index in [0.717, 1.165) is 126 Å². The third kappa shape index (κ3) is 45.9. The van der Waals surface area contributed by atoms with Gasteiger partial charge in [0.15, 0.2) is 11.6 Å². The molecule has 37 heteroatoms. The maximum Gasteiger partial charge on any atom is 1.00 e. The number of carboxylic acids is 1. The number of anilines is 1. The zero-order chi connectivity index (χ0) is 92.6. The minimum absolute atomic E-state index is 0. The molecule has 0 unspecified atom stereocenters. The molecule has 0 bridgehead atoms. The number of Topliss-reactive ketones (excluding diaryl/α,β-unsaturated/α-hetero) is 2. The molecule has 2 heterocycles. The summed E-state index contributed by atoms with van der Waals surface area (Å²) in [6, 6.07) is 31.6. The second-order valence-electron chi connectivity index (χ2n) is 31.2. The zero-order valence-corrected chi connectivity index (χ0v) is 75.8. The van der Waals surface area contributed by atoms with Gasteiger partial charge >= 0.3 is 43.1 Å². The Kier molecular flexibility index (Phi) is 55.4. The summed E-state index contributed by atoms with van der Waals surface area (Å²) in [5, 5.41) is 21.9. The van der Waals surface area contributed by atoms with E-state index in [4.69, 9.17) is 72.7 Å². The van der Waals surface area contributed by atoms with E-state index in [2.05, 4.69) is 52.8 Å². The first-order chi connectivity index (χ1) is 61.8. The number of pyridine rings is 2. The van der Waals surface area contributed by atoms with Crippen LogP contribution in [-0.4, -0.2) is 239 Å². The Labute approximate surface area is 770 Å². The predicted molar refractivity (Wildman–Crippen MR) is 475 cm³/mol. The molecular weight excluding hydrogens is 1690 g/mol. The van der Waals surface area contributed by atoms with Gasteiger partial charge in [0.25, 0.3) is 0 Å². The molecule has 0 fully saturated rings. The SMILES string of the molecule is COC(=O)C[C@H](CC(=O)CNC(=O)CCCN(C(=O)OC(C)(C)C)c1cc(C)ccn1)c1ccc(-c2ccc(OCCOCCOCCOCCOCCN=[N+]=[N-])c3c2CCCC3)cc1.Cc1ccnc(CCCCC(=O)NCC(=O)C[C@@H](CC(=O)O)c2ccc(-c3ccc(OCCOCCOCCOCCOCCN=[N+]=[N-])c4c3CCCC4)cc2)c1.O=CC(F)(F)F.[Li+].[OH-]. The number of aromatic nitrogens is 2. The number of halogens is 3. The van der Waals surface area contributed by atoms with Crippen LogP contribution in [0.15, 0.2) is 120 Å². The van der Waals surface area contributed by atoms with Crippen LogP contribution in [0.2, 0.25) is 0 Å². The average Bonchev–Trinajstić information content (AvgIpc) is 0.789. The normalized spacial score (nSPS) is 12.4. The van der Waals surface area contributed by atoms with Crippen molar-refractivity contribution in [1.29, 1.82) is 0 Å². The summed E-state index contributed by atoms with van der Waals surface area (Å²) in [5.74, 6) is -1.14. The van der Waals surface area contributed by atoms with Gasteiger partial charge in [-0.3, -0.25) is 43.4 Å². The number of hydrogen-bond acceptors (Lipinski definition) is 25. The van der Waals surface area contributed by atoms with E-state index in [0.29, 0.717) is 157 Å². The first-order valence-electron chi connectivity index (χ1n) is 43.4. The van der Waals surface area contributed by atoms with Crippen molar-refractivity contribution in [3.05, 3.63) is 181 Å². The summed E-state index contributed by atoms with van der Waals surface area (Å²) < 4.78 is 98.1. The van der Waals surface area contributed by atoms with Crippen LogP contribution in [-0.2, 0) is 113 Å². The maximum absolute atomic E-state index is 13.2. The molecule has 6 aromatic rings. The van der Waals surface area contributed by atoms with Crippen LogP contribution < -0.4 is 43.9 Å². The number of amides is 3. The van der Waals surface area contributed by atoms with Crippen LogP contribution >= 0.6 is 0 Å². The van der Waals surface area contributed by atoms with Gasteiger partial charge in [-0.25, -0.2) is 9.78 Å². The number of alkyl halides is 3. The van der Waals surface area contributed by atoms with Gasteiger partial charge in [-0.2, -0.15) is 13.2 Å². The maximum atomic E-state index is 13.2. The van der Waals surface area contributed by atoms with Gasteiger partial charge in [0, 0.05) is 85.1 Å². The molecule has 33 nitrogen and oxygen atoms in total. The number of nitrogens with one attached hydrogen (secondary N) is 2. The van der Waals surface area contributed by atoms with Crippen LogP contribution in [0.25, 0.3) is 43.1 Å². The van der Waals surface area contributed by atoms with Gasteiger partial charge in [0.1, 0.15) is 36.1 Å². The molecule has 2 aromatic heterocycles. The number of aldehydes is 1. The number of hydrogen-bond donors (Lipinski definition) is 3. The van der Waals surface area contributed by atoms with Crippen molar-refractivity contribution in [2.24, 2.45) is 10.2 Å². The minimum atomic E-state index is -4.64. The number of rotatable bonds is 58. The molecule has 0 saturated heterocycles. The topological polar surface area (TPSA) is 448 Å². The molecule has 0 aliphatic heterocycles. The number of methoxy groups -OCH3 is 1. The van der Waals surface area contributed by atoms with Gasteiger partial charge in [-0.15, -0.1) is 0 Å². The van der Waals surface area contributed by atoms with E-state index in [1.54, 1.807) is 39.2 Å². The number of carboxylic acid groups (broad SMARTS) is 1. The van der Waals surface area contributed by atoms with E-state index in [1.807, 2.05) is 92.7 Å². The van der Waals surface area contributed by atoms with Crippen LogP contribution in [0.5, 0.6) is 11.5 Å². The second kappa shape index (κ2) is 64.4. The number of carbonyl (C=O) groups excluding carboxylic acids is 7. The second-order valence-corrected chi connectivity index (χ2v) is 31.2. The summed E-state index contributed by atoms with van der Waals surface area (Å²) >= 11 is 0. The number of benzene rings is 4. The number of aliphatic carboxylic acids is 1. The van der Waals surface area contributed by atoms with E-state index in [9.17, 15) is 51.8 Å². The van der Waals surface area contributed by atoms with E-state index in [-0.39, 0.29) is 99.5 Å². The molecule has 2 aliphatic rings. The molecule has 8 rings (SSSR count). The van der Waals surface area contributed by atoms with Crippen molar-refractivity contribution >= 4 is 53.5 Å². The van der Waals surface area contributed by atoms with E-state index < -0.39 is 47.9 Å². The molecule has 0 saturated carbocycles. The average molecular weight is 1810 g/mol. The largest absolute Gasteiger partial charge is 1.00 e. The fourth-order valence-electron chi connectivity index (χ4n) is 14.0. The van der Waals surface area contributed by atoms with E-state index >= 15 is 0 Å². The molecule has 0 spiro atoms. The number of esters is 1. The quantitative estimate of drug-likeness (QED) is 0.00607. The van der Waals surface area contributed by atoms with Crippen molar-refractivity contribution in [1.82, 2.24) is 20.6 Å². The van der Waals surface area contributed by atoms with Crippen molar-refractivity contribution in [3.8, 4) is 33.8 Å². The monoisotopic (exact) mass is 1810 g/mol. The van der Waals surface area contributed by atoms with Gasteiger partial charge < -0.3 is 78.1 Å². The fourth-order valence-corrected chi connectivity index (χ4v) is 14.0. The van der Waals surface area contributed by atoms with Crippen LogP contribution in [0.1, 0.15) is 166 Å². The van der Waals surface area contributed by atoms with E-state index in [1.165, 1.54) is 34.3 Å². The molecule has 4 N–H and O–H groups in total. The summed E-state index contributed by atoms with van der Waals surface area (Å²) in [4.78, 5) is 113. The number of fused-ring (bicyclic) bond motifs is 2. The standard InChI is InChI=1S/C48H66N6O11.C43H57N5O9.C2HF3O.Li.H2O/c1-35-18-19-50-44(31-35)54(47(58)65-48(2,3)4)21-8-11-45(56)51-34-39(55)32-38(33-46(57)59-5)36-12-14-37(15-13-36)40-16-17-43(42-10-7-6-9-41(40)42)64-30-29-63-28-27-62-26-25-61-24-23-60-22-20-52-53-49;1-32-16-17-45-36(28-32)6-2-5-9-42(50)46-31-37(49)29-35(30-43(51)52)33-10-12-34(13-11-33)38-14-15-41(40-8-4-3-7-39(38)40)57-27-26-56-25-24-55-23-22-54-21-20-53-19-18-47-48-44;3-2(4,5)1-6;;/h12-19,31,38H,6-11,20-30,32-34H2,1-5H3,(H,51,56);10-17,28,35H,2-9,18-27,29-31H2,1H3,(H,46,50)(H,51,52);1H;;1H2/q;;;+1;/p-1/t38-;35-;;;/m00.../s1. The first-order valence-corrected chi connectivity index (χ1v) is 43.4. The molecule has 130 heavy (non-hydrogen) atoms. The summed E-state index contributed by atoms with van der Waals surface area (Å²) in [6.45, 7) is 17.6. The van der Waals surface area contributed by atoms with Gasteiger partial charge in [0.2, 0.25) is 18.1 Å². The molecule has 2 atom stereocenters. The van der Waals surface area contributed by atoms with Crippen molar-refractivity contribution in [2.75, 3.05) is 164 Å². The number of carbonyl (C=O) groups is 8. The summed E-state index contributed by atoms with van der Waals surface area (Å²) in [5.41, 5.74) is 29.7. The third-order valence-corrected chi connectivity index (χ3v) is 20.1. The molecule has 4 aromatic carbocycles. The Bertz CT molecular complexity index is 4500. The number of ketones is 2. The number of ether oxygens (including phenoxy) is 12. The Morgan fingerprint density at radius 2 is 0.915 bits per heavy atom.